The predicted octanol–water partition coefficient (Wildman–Crippen LogP) is 2.81. The molecule has 1 aromatic carbocycles. The van der Waals surface area contributed by atoms with E-state index >= 15 is 0 Å². The molecule has 0 N–H and O–H groups in total. The number of nitro benzene ring substituents is 1. The van der Waals surface area contributed by atoms with Crippen LogP contribution in [0.25, 0.3) is 11.5 Å². The SMILES string of the molecule is CCOc1c(-c2nnc(Br)o2)cccc1[N+](=O)[O-]. The molecule has 0 unspecified atom stereocenters. The van der Waals surface area contributed by atoms with Crippen LogP contribution in [-0.2, 0) is 0 Å². The van der Waals surface area contributed by atoms with Crippen LogP contribution in [0.1, 0.15) is 6.92 Å². The Morgan fingerprint density at radius 1 is 1.50 bits per heavy atom. The molecule has 7 nitrogen and oxygen atoms in total. The number of nitrogens with zero attached hydrogens (tertiary/aromatic N) is 3. The smallest absolute Gasteiger partial charge is 0.311 e. The molecule has 94 valence electrons. The molecule has 0 bridgehead atoms. The molecule has 0 atom stereocenters. The maximum Gasteiger partial charge on any atom is 0.311 e. The van der Waals surface area contributed by atoms with Crippen LogP contribution in [0.5, 0.6) is 5.75 Å². The van der Waals surface area contributed by atoms with Crippen molar-refractivity contribution in [3.05, 3.63) is 33.1 Å². The lowest BCUT2D eigenvalue weighted by atomic mass is 10.1. The Bertz CT molecular complexity index is 584. The normalized spacial score (nSPS) is 10.3. The number of para-hydroxylation sites is 1. The Balaban J connectivity index is 2.59. The van der Waals surface area contributed by atoms with Crippen molar-refractivity contribution in [2.75, 3.05) is 6.61 Å². The average Bonchev–Trinajstić information content (AvgIpc) is 2.76. The summed E-state index contributed by atoms with van der Waals surface area (Å²) >= 11 is 3.03. The van der Waals surface area contributed by atoms with Crippen molar-refractivity contribution in [1.82, 2.24) is 10.2 Å². The lowest BCUT2D eigenvalue weighted by Gasteiger charge is -2.07. The summed E-state index contributed by atoms with van der Waals surface area (Å²) in [5.74, 6) is 0.287. The Labute approximate surface area is 110 Å². The number of rotatable bonds is 4. The number of aromatic nitrogens is 2. The van der Waals surface area contributed by atoms with Crippen LogP contribution in [0, 0.1) is 10.1 Å². The van der Waals surface area contributed by atoms with Gasteiger partial charge in [-0.1, -0.05) is 6.07 Å². The Morgan fingerprint density at radius 3 is 2.83 bits per heavy atom. The molecule has 0 aliphatic carbocycles. The minimum absolute atomic E-state index is 0.126. The van der Waals surface area contributed by atoms with Crippen LogP contribution in [-0.4, -0.2) is 21.7 Å². The standard InChI is InChI=1S/C10H8BrN3O4/c1-2-17-8-6(9-12-13-10(11)18-9)4-3-5-7(8)14(15)16/h3-5H,2H2,1H3. The number of hydrogen-bond donors (Lipinski definition) is 0. The van der Waals surface area contributed by atoms with Crippen molar-refractivity contribution < 1.29 is 14.1 Å². The number of halogens is 1. The summed E-state index contributed by atoms with van der Waals surface area (Å²) in [6, 6.07) is 4.52. The van der Waals surface area contributed by atoms with E-state index in [2.05, 4.69) is 26.1 Å². The summed E-state index contributed by atoms with van der Waals surface area (Å²) in [7, 11) is 0. The maximum absolute atomic E-state index is 10.9. The van der Waals surface area contributed by atoms with Crippen LogP contribution in [0.15, 0.2) is 27.4 Å². The highest BCUT2D eigenvalue weighted by Crippen LogP contribution is 2.37. The zero-order valence-corrected chi connectivity index (χ0v) is 10.9. The lowest BCUT2D eigenvalue weighted by molar-refractivity contribution is -0.385. The van der Waals surface area contributed by atoms with Crippen molar-refractivity contribution in [2.45, 2.75) is 6.92 Å². The molecule has 18 heavy (non-hydrogen) atoms. The van der Waals surface area contributed by atoms with Gasteiger partial charge in [0.15, 0.2) is 0 Å². The molecule has 2 rings (SSSR count). The van der Waals surface area contributed by atoms with Gasteiger partial charge in [0, 0.05) is 22.0 Å². The van der Waals surface area contributed by atoms with Crippen LogP contribution >= 0.6 is 15.9 Å². The van der Waals surface area contributed by atoms with Gasteiger partial charge in [0.05, 0.1) is 17.1 Å². The van der Waals surface area contributed by atoms with E-state index < -0.39 is 4.92 Å². The van der Waals surface area contributed by atoms with E-state index in [-0.39, 0.29) is 22.1 Å². The zero-order chi connectivity index (χ0) is 13.1. The fraction of sp³-hybridized carbons (Fsp3) is 0.200. The molecule has 1 aromatic heterocycles. The molecular formula is C10H8BrN3O4. The number of ether oxygens (including phenoxy) is 1. The number of benzene rings is 1. The van der Waals surface area contributed by atoms with E-state index in [4.69, 9.17) is 9.15 Å². The second-order valence-corrected chi connectivity index (χ2v) is 3.88. The van der Waals surface area contributed by atoms with E-state index in [1.807, 2.05) is 0 Å². The number of hydrogen-bond acceptors (Lipinski definition) is 6. The van der Waals surface area contributed by atoms with Crippen LogP contribution in [0.3, 0.4) is 0 Å². The first kappa shape index (κ1) is 12.5. The molecule has 0 saturated carbocycles. The molecule has 0 aliphatic rings. The highest BCUT2D eigenvalue weighted by Gasteiger charge is 2.22. The fourth-order valence-corrected chi connectivity index (χ4v) is 1.68. The first-order chi connectivity index (χ1) is 8.63. The second kappa shape index (κ2) is 5.13. The maximum atomic E-state index is 10.9. The van der Waals surface area contributed by atoms with E-state index in [1.165, 1.54) is 12.1 Å². The Hall–Kier alpha value is -1.96. The molecule has 2 aromatic rings. The predicted molar refractivity (Wildman–Crippen MR) is 65.3 cm³/mol. The first-order valence-electron chi connectivity index (χ1n) is 5.03. The molecule has 0 spiro atoms. The van der Waals surface area contributed by atoms with Crippen molar-refractivity contribution in [3.63, 3.8) is 0 Å². The summed E-state index contributed by atoms with van der Waals surface area (Å²) in [6.07, 6.45) is 0. The van der Waals surface area contributed by atoms with E-state index in [1.54, 1.807) is 13.0 Å². The quantitative estimate of drug-likeness (QED) is 0.636. The van der Waals surface area contributed by atoms with Crippen LogP contribution in [0.4, 0.5) is 5.69 Å². The van der Waals surface area contributed by atoms with Gasteiger partial charge in [0.2, 0.25) is 5.75 Å². The highest BCUT2D eigenvalue weighted by atomic mass is 79.9. The van der Waals surface area contributed by atoms with Crippen LogP contribution in [0.2, 0.25) is 0 Å². The molecule has 0 radical (unpaired) electrons. The van der Waals surface area contributed by atoms with Crippen molar-refractivity contribution in [2.24, 2.45) is 0 Å². The topological polar surface area (TPSA) is 91.3 Å². The fourth-order valence-electron chi connectivity index (χ4n) is 1.45. The largest absolute Gasteiger partial charge is 0.487 e. The van der Waals surface area contributed by atoms with Crippen LogP contribution < -0.4 is 4.74 Å². The molecule has 8 heteroatoms. The summed E-state index contributed by atoms with van der Waals surface area (Å²) in [4.78, 5) is 10.6. The lowest BCUT2D eigenvalue weighted by Crippen LogP contribution is -1.99. The minimum atomic E-state index is -0.514. The van der Waals surface area contributed by atoms with Gasteiger partial charge >= 0.3 is 5.69 Å². The average molecular weight is 314 g/mol. The molecule has 0 saturated heterocycles. The zero-order valence-electron chi connectivity index (χ0n) is 9.29. The van der Waals surface area contributed by atoms with Gasteiger partial charge in [-0.2, -0.15) is 0 Å². The summed E-state index contributed by atoms with van der Waals surface area (Å²) in [6.45, 7) is 2.04. The van der Waals surface area contributed by atoms with E-state index in [0.717, 1.165) is 0 Å². The van der Waals surface area contributed by atoms with E-state index in [9.17, 15) is 10.1 Å². The third-order valence-corrected chi connectivity index (χ3v) is 2.43. The van der Waals surface area contributed by atoms with Gasteiger partial charge in [-0.15, -0.1) is 10.2 Å². The van der Waals surface area contributed by atoms with Gasteiger partial charge in [-0.05, 0) is 13.0 Å². The van der Waals surface area contributed by atoms with E-state index in [0.29, 0.717) is 12.2 Å². The summed E-state index contributed by atoms with van der Waals surface area (Å²) in [5, 5.41) is 18.3. The number of nitro groups is 1. The molecule has 0 aliphatic heterocycles. The monoisotopic (exact) mass is 313 g/mol. The minimum Gasteiger partial charge on any atom is -0.487 e. The molecule has 1 heterocycles. The van der Waals surface area contributed by atoms with Gasteiger partial charge in [-0.3, -0.25) is 10.1 Å². The highest BCUT2D eigenvalue weighted by molar-refractivity contribution is 9.10. The van der Waals surface area contributed by atoms with Crippen molar-refractivity contribution >= 4 is 21.6 Å². The van der Waals surface area contributed by atoms with Crippen molar-refractivity contribution in [3.8, 4) is 17.2 Å². The second-order valence-electron chi connectivity index (χ2n) is 3.20. The molecular weight excluding hydrogens is 306 g/mol. The van der Waals surface area contributed by atoms with Gasteiger partial charge in [0.1, 0.15) is 0 Å². The summed E-state index contributed by atoms with van der Waals surface area (Å²) in [5.41, 5.74) is 0.257. The summed E-state index contributed by atoms with van der Waals surface area (Å²) < 4.78 is 10.5. The molecule has 0 fully saturated rings. The Kier molecular flexibility index (Phi) is 3.56. The van der Waals surface area contributed by atoms with Gasteiger partial charge in [-0.25, -0.2) is 0 Å². The van der Waals surface area contributed by atoms with Gasteiger partial charge < -0.3 is 9.15 Å². The van der Waals surface area contributed by atoms with Gasteiger partial charge in [0.25, 0.3) is 10.7 Å². The third-order valence-electron chi connectivity index (χ3n) is 2.11. The van der Waals surface area contributed by atoms with Crippen molar-refractivity contribution in [1.29, 1.82) is 0 Å². The first-order valence-corrected chi connectivity index (χ1v) is 5.82. The Morgan fingerprint density at radius 2 is 2.28 bits per heavy atom. The third kappa shape index (κ3) is 2.33. The molecule has 0 amide bonds.